The van der Waals surface area contributed by atoms with Crippen LogP contribution in [0.5, 0.6) is 5.75 Å². The van der Waals surface area contributed by atoms with Crippen LogP contribution in [0.4, 0.5) is 0 Å². The van der Waals surface area contributed by atoms with E-state index in [0.717, 1.165) is 11.5 Å². The summed E-state index contributed by atoms with van der Waals surface area (Å²) in [5.41, 5.74) is 0. The second kappa shape index (κ2) is 4.17. The molecule has 0 amide bonds. The highest BCUT2D eigenvalue weighted by Crippen LogP contribution is 2.05. The number of pyridine rings is 1. The van der Waals surface area contributed by atoms with E-state index in [9.17, 15) is 0 Å². The van der Waals surface area contributed by atoms with E-state index in [1.165, 1.54) is 0 Å². The quantitative estimate of drug-likeness (QED) is 0.666. The predicted octanol–water partition coefficient (Wildman–Crippen LogP) is 1.39. The van der Waals surface area contributed by atoms with Crippen molar-refractivity contribution in [3.05, 3.63) is 24.5 Å². The van der Waals surface area contributed by atoms with Gasteiger partial charge in [0.15, 0.2) is 0 Å². The van der Waals surface area contributed by atoms with E-state index in [4.69, 9.17) is 4.74 Å². The van der Waals surface area contributed by atoms with Crippen LogP contribution >= 0.6 is 12.6 Å². The first kappa shape index (κ1) is 7.41. The molecule has 0 radical (unpaired) electrons. The average molecular weight is 155 g/mol. The first-order valence-electron chi connectivity index (χ1n) is 3.07. The minimum absolute atomic E-state index is 0.634. The lowest BCUT2D eigenvalue weighted by Gasteiger charge is -2.00. The Kier molecular flexibility index (Phi) is 3.09. The number of aromatic nitrogens is 1. The van der Waals surface area contributed by atoms with Gasteiger partial charge in [-0.1, -0.05) is 0 Å². The molecule has 54 valence electrons. The van der Waals surface area contributed by atoms with Crippen LogP contribution in [0.1, 0.15) is 0 Å². The third kappa shape index (κ3) is 2.27. The Bertz CT molecular complexity index is 178. The van der Waals surface area contributed by atoms with E-state index in [1.54, 1.807) is 12.4 Å². The van der Waals surface area contributed by atoms with Crippen LogP contribution in [0.15, 0.2) is 24.5 Å². The molecule has 0 aliphatic rings. The minimum Gasteiger partial charge on any atom is -0.491 e. The summed E-state index contributed by atoms with van der Waals surface area (Å²) in [6.45, 7) is 0.634. The fourth-order valence-corrected chi connectivity index (χ4v) is 0.687. The molecule has 1 aromatic rings. The first-order valence-corrected chi connectivity index (χ1v) is 3.70. The molecule has 0 bridgehead atoms. The lowest BCUT2D eigenvalue weighted by Crippen LogP contribution is -1.97. The molecule has 1 aromatic heterocycles. The fraction of sp³-hybridized carbons (Fsp3) is 0.286. The molecule has 0 saturated carbocycles. The summed E-state index contributed by atoms with van der Waals surface area (Å²) in [5.74, 6) is 1.53. The van der Waals surface area contributed by atoms with Gasteiger partial charge < -0.3 is 4.74 Å². The molecular weight excluding hydrogens is 146 g/mol. The molecule has 0 aliphatic carbocycles. The summed E-state index contributed by atoms with van der Waals surface area (Å²) in [6.07, 6.45) is 3.40. The maximum atomic E-state index is 5.22. The van der Waals surface area contributed by atoms with Crippen molar-refractivity contribution in [2.45, 2.75) is 0 Å². The number of hydrogen-bond donors (Lipinski definition) is 1. The van der Waals surface area contributed by atoms with E-state index in [1.807, 2.05) is 12.1 Å². The van der Waals surface area contributed by atoms with Gasteiger partial charge >= 0.3 is 0 Å². The zero-order valence-corrected chi connectivity index (χ0v) is 6.42. The van der Waals surface area contributed by atoms with Gasteiger partial charge in [-0.15, -0.1) is 0 Å². The molecule has 0 aliphatic heterocycles. The predicted molar refractivity (Wildman–Crippen MR) is 43.6 cm³/mol. The monoisotopic (exact) mass is 155 g/mol. The summed E-state index contributed by atoms with van der Waals surface area (Å²) in [6, 6.07) is 3.71. The van der Waals surface area contributed by atoms with Crippen LogP contribution < -0.4 is 4.74 Å². The minimum atomic E-state index is 0.634. The average Bonchev–Trinajstić information content (AvgIpc) is 2.03. The maximum Gasteiger partial charge on any atom is 0.137 e. The highest BCUT2D eigenvalue weighted by Gasteiger charge is 1.87. The lowest BCUT2D eigenvalue weighted by atomic mass is 10.5. The number of thiol groups is 1. The van der Waals surface area contributed by atoms with Crippen LogP contribution in [-0.2, 0) is 0 Å². The van der Waals surface area contributed by atoms with Crippen molar-refractivity contribution < 1.29 is 4.74 Å². The van der Waals surface area contributed by atoms with Crippen LogP contribution in [0.25, 0.3) is 0 Å². The molecule has 0 N–H and O–H groups in total. The van der Waals surface area contributed by atoms with Crippen LogP contribution in [0.3, 0.4) is 0 Å². The zero-order chi connectivity index (χ0) is 7.23. The maximum absolute atomic E-state index is 5.22. The zero-order valence-electron chi connectivity index (χ0n) is 5.53. The summed E-state index contributed by atoms with van der Waals surface area (Å²) >= 11 is 4.01. The molecule has 0 spiro atoms. The van der Waals surface area contributed by atoms with Gasteiger partial charge in [0, 0.05) is 11.9 Å². The second-order valence-electron chi connectivity index (χ2n) is 1.76. The lowest BCUT2D eigenvalue weighted by molar-refractivity contribution is 0.343. The summed E-state index contributed by atoms with van der Waals surface area (Å²) in [7, 11) is 0. The molecule has 0 fully saturated rings. The normalized spacial score (nSPS) is 9.30. The fourth-order valence-electron chi connectivity index (χ4n) is 0.596. The highest BCUT2D eigenvalue weighted by atomic mass is 32.1. The topological polar surface area (TPSA) is 22.1 Å². The van der Waals surface area contributed by atoms with Gasteiger partial charge in [-0.25, -0.2) is 0 Å². The number of nitrogens with zero attached hydrogens (tertiary/aromatic N) is 1. The Morgan fingerprint density at radius 3 is 3.10 bits per heavy atom. The third-order valence-corrected chi connectivity index (χ3v) is 1.18. The molecule has 0 unspecified atom stereocenters. The Labute approximate surface area is 65.6 Å². The summed E-state index contributed by atoms with van der Waals surface area (Å²) < 4.78 is 5.22. The molecular formula is C7H9NOS. The van der Waals surface area contributed by atoms with Crippen molar-refractivity contribution in [1.82, 2.24) is 4.98 Å². The molecule has 0 atom stereocenters. The molecule has 3 heteroatoms. The molecule has 2 nitrogen and oxygen atoms in total. The SMILES string of the molecule is SCCOc1cccnc1. The molecule has 0 saturated heterocycles. The number of rotatable bonds is 3. The van der Waals surface area contributed by atoms with Gasteiger partial charge in [-0.2, -0.15) is 12.6 Å². The molecule has 10 heavy (non-hydrogen) atoms. The van der Waals surface area contributed by atoms with E-state index in [2.05, 4.69) is 17.6 Å². The van der Waals surface area contributed by atoms with Crippen LogP contribution in [0.2, 0.25) is 0 Å². The van der Waals surface area contributed by atoms with Gasteiger partial charge in [-0.3, -0.25) is 4.98 Å². The van der Waals surface area contributed by atoms with Gasteiger partial charge in [0.1, 0.15) is 5.75 Å². The first-order chi connectivity index (χ1) is 4.93. The van der Waals surface area contributed by atoms with Gasteiger partial charge in [0.25, 0.3) is 0 Å². The molecule has 1 rings (SSSR count). The number of ether oxygens (including phenoxy) is 1. The Morgan fingerprint density at radius 2 is 2.50 bits per heavy atom. The Morgan fingerprint density at radius 1 is 1.60 bits per heavy atom. The number of hydrogen-bond acceptors (Lipinski definition) is 3. The van der Waals surface area contributed by atoms with Gasteiger partial charge in [-0.05, 0) is 12.1 Å². The largest absolute Gasteiger partial charge is 0.491 e. The summed E-state index contributed by atoms with van der Waals surface area (Å²) in [4.78, 5) is 3.89. The molecule has 0 aromatic carbocycles. The van der Waals surface area contributed by atoms with Crippen molar-refractivity contribution in [3.8, 4) is 5.75 Å². The molecule has 1 heterocycles. The van der Waals surface area contributed by atoms with E-state index in [-0.39, 0.29) is 0 Å². The van der Waals surface area contributed by atoms with E-state index >= 15 is 0 Å². The van der Waals surface area contributed by atoms with Crippen molar-refractivity contribution in [2.24, 2.45) is 0 Å². The highest BCUT2D eigenvalue weighted by molar-refractivity contribution is 7.80. The second-order valence-corrected chi connectivity index (χ2v) is 2.21. The van der Waals surface area contributed by atoms with Gasteiger partial charge in [0.05, 0.1) is 12.8 Å². The van der Waals surface area contributed by atoms with E-state index < -0.39 is 0 Å². The Hall–Kier alpha value is -0.700. The standard InChI is InChI=1S/C7H9NOS/c10-5-4-9-7-2-1-3-8-6-7/h1-3,6,10H,4-5H2. The van der Waals surface area contributed by atoms with Gasteiger partial charge in [0.2, 0.25) is 0 Å². The van der Waals surface area contributed by atoms with E-state index in [0.29, 0.717) is 6.61 Å². The summed E-state index contributed by atoms with van der Waals surface area (Å²) in [5, 5.41) is 0. The van der Waals surface area contributed by atoms with Crippen LogP contribution in [-0.4, -0.2) is 17.3 Å². The smallest absolute Gasteiger partial charge is 0.137 e. The Balaban J connectivity index is 2.43. The van der Waals surface area contributed by atoms with Crippen LogP contribution in [0, 0.1) is 0 Å². The third-order valence-electron chi connectivity index (χ3n) is 0.994. The van der Waals surface area contributed by atoms with Crippen molar-refractivity contribution in [1.29, 1.82) is 0 Å². The van der Waals surface area contributed by atoms with Crippen molar-refractivity contribution in [3.63, 3.8) is 0 Å². The van der Waals surface area contributed by atoms with Crippen molar-refractivity contribution >= 4 is 12.6 Å². The van der Waals surface area contributed by atoms with Crippen molar-refractivity contribution in [2.75, 3.05) is 12.4 Å².